The van der Waals surface area contributed by atoms with Crippen molar-refractivity contribution in [3.8, 4) is 0 Å². The average molecular weight is 362 g/mol. The highest BCUT2D eigenvalue weighted by Gasteiger charge is 2.23. The number of hydrogen-bond donors (Lipinski definition) is 2. The molecule has 0 aliphatic rings. The fourth-order valence-electron chi connectivity index (χ4n) is 2.07. The molecule has 6 nitrogen and oxygen atoms in total. The Kier molecular flexibility index (Phi) is 6.37. The molecule has 8 heteroatoms. The number of benzene rings is 2. The first-order valence-electron chi connectivity index (χ1n) is 7.61. The number of carbonyl (C=O) groups excluding carboxylic acids is 3. The SMILES string of the molecule is NC(=O)[C@H](CC(=O)OCc1ccccc1)NC(=O)c1ccc(F)c(F)c1. The van der Waals surface area contributed by atoms with Crippen molar-refractivity contribution in [3.63, 3.8) is 0 Å². The topological polar surface area (TPSA) is 98.5 Å². The van der Waals surface area contributed by atoms with Gasteiger partial charge in [-0.1, -0.05) is 30.3 Å². The highest BCUT2D eigenvalue weighted by Crippen LogP contribution is 2.09. The predicted octanol–water partition coefficient (Wildman–Crippen LogP) is 1.68. The van der Waals surface area contributed by atoms with Crippen LogP contribution in [0, 0.1) is 11.6 Å². The zero-order valence-electron chi connectivity index (χ0n) is 13.6. The van der Waals surface area contributed by atoms with Gasteiger partial charge in [0.25, 0.3) is 5.91 Å². The molecule has 2 rings (SSSR count). The molecule has 136 valence electrons. The smallest absolute Gasteiger partial charge is 0.308 e. The fourth-order valence-corrected chi connectivity index (χ4v) is 2.07. The second-order valence-corrected chi connectivity index (χ2v) is 5.41. The Morgan fingerprint density at radius 1 is 1.04 bits per heavy atom. The Morgan fingerprint density at radius 3 is 2.35 bits per heavy atom. The van der Waals surface area contributed by atoms with Crippen LogP contribution in [0.25, 0.3) is 0 Å². The van der Waals surface area contributed by atoms with Gasteiger partial charge in [0, 0.05) is 5.56 Å². The number of carbonyl (C=O) groups is 3. The Hall–Kier alpha value is -3.29. The lowest BCUT2D eigenvalue weighted by Crippen LogP contribution is -2.45. The van der Waals surface area contributed by atoms with Crippen molar-refractivity contribution in [2.24, 2.45) is 5.73 Å². The van der Waals surface area contributed by atoms with E-state index in [1.165, 1.54) is 0 Å². The molecule has 0 aliphatic carbocycles. The van der Waals surface area contributed by atoms with Crippen molar-refractivity contribution >= 4 is 17.8 Å². The van der Waals surface area contributed by atoms with Gasteiger partial charge in [-0.2, -0.15) is 0 Å². The predicted molar refractivity (Wildman–Crippen MR) is 87.7 cm³/mol. The highest BCUT2D eigenvalue weighted by atomic mass is 19.2. The maximum Gasteiger partial charge on any atom is 0.308 e. The molecule has 2 aromatic rings. The fraction of sp³-hybridized carbons (Fsp3) is 0.167. The molecule has 0 heterocycles. The molecule has 0 saturated carbocycles. The summed E-state index contributed by atoms with van der Waals surface area (Å²) in [6.45, 7) is 0.00226. The van der Waals surface area contributed by atoms with Crippen LogP contribution >= 0.6 is 0 Å². The Labute approximate surface area is 147 Å². The van der Waals surface area contributed by atoms with Gasteiger partial charge < -0.3 is 15.8 Å². The van der Waals surface area contributed by atoms with Gasteiger partial charge >= 0.3 is 5.97 Å². The molecule has 26 heavy (non-hydrogen) atoms. The number of halogens is 2. The minimum atomic E-state index is -1.35. The van der Waals surface area contributed by atoms with E-state index in [1.54, 1.807) is 24.3 Å². The lowest BCUT2D eigenvalue weighted by Gasteiger charge is -2.15. The van der Waals surface area contributed by atoms with E-state index in [1.807, 2.05) is 6.07 Å². The first-order valence-corrected chi connectivity index (χ1v) is 7.61. The van der Waals surface area contributed by atoms with Gasteiger partial charge in [0.1, 0.15) is 12.6 Å². The Morgan fingerprint density at radius 2 is 1.73 bits per heavy atom. The number of hydrogen-bond acceptors (Lipinski definition) is 4. The molecule has 3 N–H and O–H groups in total. The van der Waals surface area contributed by atoms with Gasteiger partial charge in [-0.25, -0.2) is 8.78 Å². The molecule has 1 atom stereocenters. The van der Waals surface area contributed by atoms with Crippen molar-refractivity contribution < 1.29 is 27.9 Å². The van der Waals surface area contributed by atoms with Crippen molar-refractivity contribution in [2.45, 2.75) is 19.1 Å². The zero-order valence-corrected chi connectivity index (χ0v) is 13.6. The quantitative estimate of drug-likeness (QED) is 0.732. The molecule has 2 amide bonds. The third-order valence-electron chi connectivity index (χ3n) is 3.44. The zero-order chi connectivity index (χ0) is 19.1. The second kappa shape index (κ2) is 8.70. The van der Waals surface area contributed by atoms with E-state index < -0.39 is 41.9 Å². The molecule has 0 aliphatic heterocycles. The van der Waals surface area contributed by atoms with Gasteiger partial charge in [-0.3, -0.25) is 14.4 Å². The van der Waals surface area contributed by atoms with Crippen LogP contribution in [0.15, 0.2) is 48.5 Å². The monoisotopic (exact) mass is 362 g/mol. The summed E-state index contributed by atoms with van der Waals surface area (Å²) in [5.74, 6) is -4.91. The van der Waals surface area contributed by atoms with Gasteiger partial charge in [-0.15, -0.1) is 0 Å². The molecule has 0 spiro atoms. The molecule has 2 aromatic carbocycles. The second-order valence-electron chi connectivity index (χ2n) is 5.41. The van der Waals surface area contributed by atoms with Gasteiger partial charge in [0.05, 0.1) is 6.42 Å². The summed E-state index contributed by atoms with van der Waals surface area (Å²) in [6.07, 6.45) is -0.489. The average Bonchev–Trinajstić information content (AvgIpc) is 2.62. The molecular formula is C18H16F2N2O4. The van der Waals surface area contributed by atoms with Crippen molar-refractivity contribution in [1.82, 2.24) is 5.32 Å². The lowest BCUT2D eigenvalue weighted by atomic mass is 10.1. The largest absolute Gasteiger partial charge is 0.461 e. The Bertz CT molecular complexity index is 812. The summed E-state index contributed by atoms with van der Waals surface area (Å²) in [4.78, 5) is 35.3. The summed E-state index contributed by atoms with van der Waals surface area (Å²) in [6, 6.07) is 10.0. The molecule has 0 fully saturated rings. The third kappa shape index (κ3) is 5.37. The van der Waals surface area contributed by atoms with Gasteiger partial charge in [-0.05, 0) is 23.8 Å². The van der Waals surface area contributed by atoms with Crippen LogP contribution in [0.2, 0.25) is 0 Å². The summed E-state index contributed by atoms with van der Waals surface area (Å²) in [7, 11) is 0. The van der Waals surface area contributed by atoms with Crippen LogP contribution in [-0.2, 0) is 20.9 Å². The minimum absolute atomic E-state index is 0.00226. The van der Waals surface area contributed by atoms with E-state index in [0.717, 1.165) is 17.7 Å². The summed E-state index contributed by atoms with van der Waals surface area (Å²) < 4.78 is 31.1. The maximum absolute atomic E-state index is 13.2. The van der Waals surface area contributed by atoms with E-state index in [9.17, 15) is 23.2 Å². The molecule has 0 saturated heterocycles. The molecular weight excluding hydrogens is 346 g/mol. The van der Waals surface area contributed by atoms with Crippen molar-refractivity contribution in [3.05, 3.63) is 71.3 Å². The first kappa shape index (κ1) is 19.0. The van der Waals surface area contributed by atoms with Crippen LogP contribution < -0.4 is 11.1 Å². The van der Waals surface area contributed by atoms with Crippen LogP contribution in [0.3, 0.4) is 0 Å². The highest BCUT2D eigenvalue weighted by molar-refractivity contribution is 5.98. The van der Waals surface area contributed by atoms with Crippen LogP contribution in [-0.4, -0.2) is 23.8 Å². The van der Waals surface area contributed by atoms with Crippen LogP contribution in [0.5, 0.6) is 0 Å². The maximum atomic E-state index is 13.2. The van der Waals surface area contributed by atoms with E-state index in [2.05, 4.69) is 5.32 Å². The van der Waals surface area contributed by atoms with E-state index in [-0.39, 0.29) is 12.2 Å². The number of nitrogens with one attached hydrogen (secondary N) is 1. The number of rotatable bonds is 7. The van der Waals surface area contributed by atoms with Gasteiger partial charge in [0.15, 0.2) is 11.6 Å². The number of nitrogens with two attached hydrogens (primary N) is 1. The van der Waals surface area contributed by atoms with Crippen molar-refractivity contribution in [1.29, 1.82) is 0 Å². The Balaban J connectivity index is 1.95. The van der Waals surface area contributed by atoms with Crippen molar-refractivity contribution in [2.75, 3.05) is 0 Å². The number of amides is 2. The van der Waals surface area contributed by atoms with E-state index in [0.29, 0.717) is 6.07 Å². The lowest BCUT2D eigenvalue weighted by molar-refractivity contribution is -0.146. The van der Waals surface area contributed by atoms with Crippen LogP contribution in [0.4, 0.5) is 8.78 Å². The van der Waals surface area contributed by atoms with E-state index >= 15 is 0 Å². The standard InChI is InChI=1S/C18H16F2N2O4/c19-13-7-6-12(8-14(13)20)18(25)22-15(17(21)24)9-16(23)26-10-11-4-2-1-3-5-11/h1-8,15H,9-10H2,(H2,21,24)(H,22,25)/t15-/m0/s1. The molecule has 0 aromatic heterocycles. The number of ether oxygens (including phenoxy) is 1. The first-order chi connectivity index (χ1) is 12.4. The summed E-state index contributed by atoms with van der Waals surface area (Å²) in [5, 5.41) is 2.21. The summed E-state index contributed by atoms with van der Waals surface area (Å²) in [5.41, 5.74) is 5.71. The van der Waals surface area contributed by atoms with E-state index in [4.69, 9.17) is 10.5 Å². The minimum Gasteiger partial charge on any atom is -0.461 e. The molecule has 0 bridgehead atoms. The summed E-state index contributed by atoms with van der Waals surface area (Å²) >= 11 is 0. The molecule has 0 radical (unpaired) electrons. The number of esters is 1. The normalized spacial score (nSPS) is 11.5. The van der Waals surface area contributed by atoms with Crippen LogP contribution in [0.1, 0.15) is 22.3 Å². The third-order valence-corrected chi connectivity index (χ3v) is 3.44. The molecule has 0 unspecified atom stereocenters. The number of primary amides is 1. The van der Waals surface area contributed by atoms with Gasteiger partial charge in [0.2, 0.25) is 5.91 Å².